The summed E-state index contributed by atoms with van der Waals surface area (Å²) in [4.78, 5) is 16.9. The second-order valence-corrected chi connectivity index (χ2v) is 6.92. The van der Waals surface area contributed by atoms with Crippen LogP contribution in [0, 0.1) is 0 Å². The molecule has 0 aliphatic heterocycles. The molecule has 0 saturated carbocycles. The van der Waals surface area contributed by atoms with E-state index < -0.39 is 0 Å². The molecule has 1 aromatic heterocycles. The second kappa shape index (κ2) is 8.97. The number of aromatic nitrogens is 3. The standard InChI is InChI=1S/C24H22N4O/c29-24(22-13-11-20(12-14-22)16-28-18-25-17-26-28)27-23(21-9-5-2-6-10-21)15-19-7-3-1-4-8-19/h1-14,17-18,23H,15-16H2,(H,27,29). The summed E-state index contributed by atoms with van der Waals surface area (Å²) in [7, 11) is 0. The number of nitrogens with zero attached hydrogens (tertiary/aromatic N) is 3. The minimum absolute atomic E-state index is 0.0814. The molecule has 1 heterocycles. The highest BCUT2D eigenvalue weighted by atomic mass is 16.1. The minimum Gasteiger partial charge on any atom is -0.345 e. The van der Waals surface area contributed by atoms with Crippen LogP contribution in [-0.2, 0) is 13.0 Å². The first-order valence-electron chi connectivity index (χ1n) is 9.59. The third kappa shape index (κ3) is 4.96. The molecule has 1 unspecified atom stereocenters. The summed E-state index contributed by atoms with van der Waals surface area (Å²) in [6.45, 7) is 0.628. The highest BCUT2D eigenvalue weighted by molar-refractivity contribution is 5.94. The fourth-order valence-electron chi connectivity index (χ4n) is 3.29. The maximum absolute atomic E-state index is 12.9. The topological polar surface area (TPSA) is 59.8 Å². The molecule has 0 aliphatic rings. The molecule has 4 rings (SSSR count). The fourth-order valence-corrected chi connectivity index (χ4v) is 3.29. The van der Waals surface area contributed by atoms with Gasteiger partial charge in [0.15, 0.2) is 0 Å². The molecule has 1 N–H and O–H groups in total. The molecule has 3 aromatic carbocycles. The molecule has 1 amide bonds. The Morgan fingerprint density at radius 1 is 0.862 bits per heavy atom. The summed E-state index contributed by atoms with van der Waals surface area (Å²) in [5.74, 6) is -0.0814. The Morgan fingerprint density at radius 2 is 1.55 bits per heavy atom. The van der Waals surface area contributed by atoms with Crippen molar-refractivity contribution in [1.82, 2.24) is 20.1 Å². The van der Waals surface area contributed by atoms with E-state index >= 15 is 0 Å². The van der Waals surface area contributed by atoms with Crippen LogP contribution in [0.4, 0.5) is 0 Å². The Morgan fingerprint density at radius 3 is 2.21 bits per heavy atom. The lowest BCUT2D eigenvalue weighted by Gasteiger charge is -2.20. The van der Waals surface area contributed by atoms with Crippen molar-refractivity contribution in [1.29, 1.82) is 0 Å². The fraction of sp³-hybridized carbons (Fsp3) is 0.125. The van der Waals surface area contributed by atoms with Crippen LogP contribution >= 0.6 is 0 Å². The maximum Gasteiger partial charge on any atom is 0.251 e. The van der Waals surface area contributed by atoms with Crippen molar-refractivity contribution in [3.05, 3.63) is 120 Å². The molecular formula is C24H22N4O. The van der Waals surface area contributed by atoms with E-state index in [4.69, 9.17) is 0 Å². The van der Waals surface area contributed by atoms with E-state index in [1.165, 1.54) is 11.9 Å². The van der Waals surface area contributed by atoms with Crippen LogP contribution in [0.2, 0.25) is 0 Å². The van der Waals surface area contributed by atoms with Gasteiger partial charge in [0, 0.05) is 5.56 Å². The third-order valence-electron chi connectivity index (χ3n) is 4.82. The Hall–Kier alpha value is -3.73. The van der Waals surface area contributed by atoms with Gasteiger partial charge in [0.05, 0.1) is 12.6 Å². The van der Waals surface area contributed by atoms with Crippen molar-refractivity contribution in [3.63, 3.8) is 0 Å². The summed E-state index contributed by atoms with van der Waals surface area (Å²) in [6, 6.07) is 27.8. The van der Waals surface area contributed by atoms with Crippen molar-refractivity contribution < 1.29 is 4.79 Å². The van der Waals surface area contributed by atoms with Gasteiger partial charge in [-0.1, -0.05) is 72.8 Å². The lowest BCUT2D eigenvalue weighted by molar-refractivity contribution is 0.0936. The largest absolute Gasteiger partial charge is 0.345 e. The third-order valence-corrected chi connectivity index (χ3v) is 4.82. The molecule has 144 valence electrons. The van der Waals surface area contributed by atoms with Crippen LogP contribution < -0.4 is 5.32 Å². The van der Waals surface area contributed by atoms with Crippen molar-refractivity contribution in [2.45, 2.75) is 19.0 Å². The van der Waals surface area contributed by atoms with E-state index in [-0.39, 0.29) is 11.9 Å². The molecule has 5 nitrogen and oxygen atoms in total. The van der Waals surface area contributed by atoms with Gasteiger partial charge in [0.2, 0.25) is 0 Å². The van der Waals surface area contributed by atoms with Crippen LogP contribution in [0.3, 0.4) is 0 Å². The number of carbonyl (C=O) groups excluding carboxylic acids is 1. The minimum atomic E-state index is -0.0964. The van der Waals surface area contributed by atoms with Crippen LogP contribution in [0.25, 0.3) is 0 Å². The number of hydrogen-bond acceptors (Lipinski definition) is 3. The molecule has 0 saturated heterocycles. The van der Waals surface area contributed by atoms with Gasteiger partial charge >= 0.3 is 0 Å². The summed E-state index contributed by atoms with van der Waals surface area (Å²) >= 11 is 0. The molecule has 5 heteroatoms. The molecule has 0 radical (unpaired) electrons. The van der Waals surface area contributed by atoms with Crippen LogP contribution in [0.15, 0.2) is 97.6 Å². The summed E-state index contributed by atoms with van der Waals surface area (Å²) in [5, 5.41) is 7.30. The van der Waals surface area contributed by atoms with E-state index in [0.29, 0.717) is 12.1 Å². The van der Waals surface area contributed by atoms with E-state index in [1.54, 1.807) is 11.0 Å². The predicted octanol–water partition coefficient (Wildman–Crippen LogP) is 4.04. The molecule has 0 bridgehead atoms. The number of nitrogens with one attached hydrogen (secondary N) is 1. The Balaban J connectivity index is 1.48. The van der Waals surface area contributed by atoms with Gasteiger partial charge in [-0.2, -0.15) is 5.10 Å². The average Bonchev–Trinajstić information content (AvgIpc) is 3.28. The average molecular weight is 382 g/mol. The number of rotatable bonds is 7. The molecule has 4 aromatic rings. The lowest BCUT2D eigenvalue weighted by atomic mass is 9.98. The van der Waals surface area contributed by atoms with Gasteiger partial charge in [-0.25, -0.2) is 9.67 Å². The van der Waals surface area contributed by atoms with E-state index in [2.05, 4.69) is 39.7 Å². The van der Waals surface area contributed by atoms with Gasteiger partial charge in [-0.3, -0.25) is 4.79 Å². The molecular weight excluding hydrogens is 360 g/mol. The zero-order valence-corrected chi connectivity index (χ0v) is 16.0. The van der Waals surface area contributed by atoms with Crippen LogP contribution in [0.5, 0.6) is 0 Å². The summed E-state index contributed by atoms with van der Waals surface area (Å²) < 4.78 is 1.75. The Bertz CT molecular complexity index is 1030. The van der Waals surface area contributed by atoms with Crippen molar-refractivity contribution in [3.8, 4) is 0 Å². The van der Waals surface area contributed by atoms with Crippen molar-refractivity contribution in [2.24, 2.45) is 0 Å². The van der Waals surface area contributed by atoms with Crippen molar-refractivity contribution >= 4 is 5.91 Å². The summed E-state index contributed by atoms with van der Waals surface area (Å²) in [6.07, 6.45) is 3.92. The van der Waals surface area contributed by atoms with Gasteiger partial charge in [-0.15, -0.1) is 0 Å². The van der Waals surface area contributed by atoms with Gasteiger partial charge < -0.3 is 5.32 Å². The SMILES string of the molecule is O=C(NC(Cc1ccccc1)c1ccccc1)c1ccc(Cn2cncn2)cc1. The van der Waals surface area contributed by atoms with E-state index in [9.17, 15) is 4.79 Å². The Labute approximate surface area is 170 Å². The second-order valence-electron chi connectivity index (χ2n) is 6.92. The van der Waals surface area contributed by atoms with Gasteiger partial charge in [-0.05, 0) is 35.2 Å². The first kappa shape index (κ1) is 18.6. The molecule has 0 fully saturated rings. The van der Waals surface area contributed by atoms with Gasteiger partial charge in [0.25, 0.3) is 5.91 Å². The van der Waals surface area contributed by atoms with E-state index in [1.807, 2.05) is 60.7 Å². The normalized spacial score (nSPS) is 11.7. The summed E-state index contributed by atoms with van der Waals surface area (Å²) in [5.41, 5.74) is 3.98. The lowest BCUT2D eigenvalue weighted by Crippen LogP contribution is -2.30. The molecule has 0 spiro atoms. The van der Waals surface area contributed by atoms with Crippen LogP contribution in [0.1, 0.15) is 33.1 Å². The smallest absolute Gasteiger partial charge is 0.251 e. The number of amides is 1. The van der Waals surface area contributed by atoms with Crippen LogP contribution in [-0.4, -0.2) is 20.7 Å². The number of carbonyl (C=O) groups is 1. The zero-order valence-electron chi connectivity index (χ0n) is 16.0. The predicted molar refractivity (Wildman–Crippen MR) is 112 cm³/mol. The highest BCUT2D eigenvalue weighted by Crippen LogP contribution is 2.19. The molecule has 0 aliphatic carbocycles. The number of benzene rings is 3. The van der Waals surface area contributed by atoms with E-state index in [0.717, 1.165) is 17.5 Å². The highest BCUT2D eigenvalue weighted by Gasteiger charge is 2.16. The Kier molecular flexibility index (Phi) is 5.76. The molecule has 29 heavy (non-hydrogen) atoms. The first-order chi connectivity index (χ1) is 14.3. The zero-order chi connectivity index (χ0) is 19.9. The maximum atomic E-state index is 12.9. The van der Waals surface area contributed by atoms with Crippen molar-refractivity contribution in [2.75, 3.05) is 0 Å². The molecule has 1 atom stereocenters. The monoisotopic (exact) mass is 382 g/mol. The van der Waals surface area contributed by atoms with Gasteiger partial charge in [0.1, 0.15) is 12.7 Å². The quantitative estimate of drug-likeness (QED) is 0.525. The first-order valence-corrected chi connectivity index (χ1v) is 9.59. The number of hydrogen-bond donors (Lipinski definition) is 1.